The zero-order valence-electron chi connectivity index (χ0n) is 10.8. The molecular weight excluding hydrogens is 240 g/mol. The van der Waals surface area contributed by atoms with Gasteiger partial charge < -0.3 is 10.2 Å². The average Bonchev–Trinajstić information content (AvgIpc) is 2.85. The maximum atomic E-state index is 5.85. The molecule has 19 heavy (non-hydrogen) atoms. The molecule has 2 aromatic heterocycles. The Labute approximate surface area is 110 Å². The predicted molar refractivity (Wildman–Crippen MR) is 72.4 cm³/mol. The zero-order chi connectivity index (χ0) is 13.4. The van der Waals surface area contributed by atoms with Crippen molar-refractivity contribution in [1.82, 2.24) is 15.0 Å². The van der Waals surface area contributed by atoms with Crippen molar-refractivity contribution in [3.63, 3.8) is 0 Å². The first-order valence-corrected chi connectivity index (χ1v) is 6.08. The van der Waals surface area contributed by atoms with E-state index in [1.54, 1.807) is 0 Å². The van der Waals surface area contributed by atoms with E-state index in [0.29, 0.717) is 5.82 Å². The number of oxazole rings is 1. The Morgan fingerprint density at radius 3 is 2.84 bits per heavy atom. The lowest BCUT2D eigenvalue weighted by Crippen LogP contribution is -2.11. The van der Waals surface area contributed by atoms with E-state index < -0.39 is 0 Å². The molecule has 3 aromatic rings. The van der Waals surface area contributed by atoms with E-state index in [-0.39, 0.29) is 6.04 Å². The van der Waals surface area contributed by atoms with Crippen LogP contribution in [0.3, 0.4) is 0 Å². The Morgan fingerprint density at radius 1 is 1.21 bits per heavy atom. The quantitative estimate of drug-likeness (QED) is 0.760. The topological polar surface area (TPSA) is 77.8 Å². The molecule has 0 aliphatic heterocycles. The summed E-state index contributed by atoms with van der Waals surface area (Å²) in [5, 5.41) is 0. The largest absolute Gasteiger partial charge is 0.443 e. The van der Waals surface area contributed by atoms with Crippen LogP contribution in [0.2, 0.25) is 0 Å². The summed E-state index contributed by atoms with van der Waals surface area (Å²) < 4.78 is 5.31. The third-order valence-corrected chi connectivity index (χ3v) is 2.91. The molecule has 5 nitrogen and oxygen atoms in total. The number of aromatic nitrogens is 3. The Balaban J connectivity index is 2.14. The molecule has 3 rings (SSSR count). The van der Waals surface area contributed by atoms with E-state index in [4.69, 9.17) is 10.2 Å². The molecule has 2 N–H and O–H groups in total. The summed E-state index contributed by atoms with van der Waals surface area (Å²) in [5.74, 6) is 0.646. The Morgan fingerprint density at radius 2 is 2.05 bits per heavy atom. The van der Waals surface area contributed by atoms with Gasteiger partial charge >= 0.3 is 0 Å². The van der Waals surface area contributed by atoms with Crippen molar-refractivity contribution in [2.45, 2.75) is 19.9 Å². The van der Waals surface area contributed by atoms with Crippen LogP contribution in [0.15, 0.2) is 35.1 Å². The van der Waals surface area contributed by atoms with Gasteiger partial charge in [-0.3, -0.25) is 0 Å². The number of hydrogen-bond donors (Lipinski definition) is 1. The Kier molecular flexibility index (Phi) is 2.76. The van der Waals surface area contributed by atoms with E-state index in [0.717, 1.165) is 28.1 Å². The van der Waals surface area contributed by atoms with Gasteiger partial charge in [-0.2, -0.15) is 0 Å². The second-order valence-corrected chi connectivity index (χ2v) is 4.58. The van der Waals surface area contributed by atoms with Gasteiger partial charge in [-0.25, -0.2) is 15.0 Å². The van der Waals surface area contributed by atoms with Crippen molar-refractivity contribution in [1.29, 1.82) is 0 Å². The predicted octanol–water partition coefficient (Wildman–Crippen LogP) is 2.61. The molecule has 1 unspecified atom stereocenters. The monoisotopic (exact) mass is 254 g/mol. The highest BCUT2D eigenvalue weighted by Gasteiger charge is 2.09. The van der Waals surface area contributed by atoms with Gasteiger partial charge in [-0.1, -0.05) is 6.07 Å². The SMILES string of the molecule is Cc1cc(-c2ccc3ncoc3c2)nc(C(C)N)n1. The summed E-state index contributed by atoms with van der Waals surface area (Å²) >= 11 is 0. The second-order valence-electron chi connectivity index (χ2n) is 4.58. The van der Waals surface area contributed by atoms with E-state index in [1.165, 1.54) is 6.39 Å². The van der Waals surface area contributed by atoms with Crippen molar-refractivity contribution in [2.24, 2.45) is 5.73 Å². The smallest absolute Gasteiger partial charge is 0.181 e. The molecule has 0 saturated heterocycles. The van der Waals surface area contributed by atoms with Gasteiger partial charge in [0.05, 0.1) is 11.7 Å². The van der Waals surface area contributed by atoms with Crippen LogP contribution in [0.4, 0.5) is 0 Å². The van der Waals surface area contributed by atoms with Crippen LogP contribution < -0.4 is 5.73 Å². The molecule has 0 spiro atoms. The molecule has 2 heterocycles. The van der Waals surface area contributed by atoms with Crippen LogP contribution in [-0.4, -0.2) is 15.0 Å². The minimum atomic E-state index is -0.187. The lowest BCUT2D eigenvalue weighted by atomic mass is 10.1. The average molecular weight is 254 g/mol. The van der Waals surface area contributed by atoms with E-state index >= 15 is 0 Å². The molecule has 5 heteroatoms. The van der Waals surface area contributed by atoms with E-state index in [9.17, 15) is 0 Å². The van der Waals surface area contributed by atoms with Crippen LogP contribution in [0.1, 0.15) is 24.5 Å². The number of nitrogens with two attached hydrogens (primary N) is 1. The van der Waals surface area contributed by atoms with Gasteiger partial charge in [-0.05, 0) is 32.0 Å². The summed E-state index contributed by atoms with van der Waals surface area (Å²) in [6.45, 7) is 3.81. The third kappa shape index (κ3) is 2.20. The fraction of sp³-hybridized carbons (Fsp3) is 0.214. The highest BCUT2D eigenvalue weighted by Crippen LogP contribution is 2.23. The zero-order valence-corrected chi connectivity index (χ0v) is 10.8. The molecule has 1 aromatic carbocycles. The third-order valence-electron chi connectivity index (χ3n) is 2.91. The molecule has 0 saturated carbocycles. The van der Waals surface area contributed by atoms with E-state index in [1.807, 2.05) is 38.1 Å². The maximum Gasteiger partial charge on any atom is 0.181 e. The van der Waals surface area contributed by atoms with Crippen LogP contribution >= 0.6 is 0 Å². The second kappa shape index (κ2) is 4.44. The highest BCUT2D eigenvalue weighted by atomic mass is 16.3. The molecule has 96 valence electrons. The molecule has 1 atom stereocenters. The maximum absolute atomic E-state index is 5.85. The van der Waals surface area contributed by atoms with Crippen LogP contribution in [0.5, 0.6) is 0 Å². The summed E-state index contributed by atoms with van der Waals surface area (Å²) in [5.41, 5.74) is 10.1. The summed E-state index contributed by atoms with van der Waals surface area (Å²) in [7, 11) is 0. The minimum Gasteiger partial charge on any atom is -0.443 e. The van der Waals surface area contributed by atoms with Crippen molar-refractivity contribution in [3.05, 3.63) is 42.2 Å². The molecular formula is C14H14N4O. The summed E-state index contributed by atoms with van der Waals surface area (Å²) in [6.07, 6.45) is 1.44. The van der Waals surface area contributed by atoms with Crippen LogP contribution in [-0.2, 0) is 0 Å². The van der Waals surface area contributed by atoms with Crippen molar-refractivity contribution in [2.75, 3.05) is 0 Å². The van der Waals surface area contributed by atoms with Gasteiger partial charge in [0.1, 0.15) is 11.3 Å². The van der Waals surface area contributed by atoms with Gasteiger partial charge in [0, 0.05) is 11.3 Å². The first-order chi connectivity index (χ1) is 9.13. The Bertz CT molecular complexity index is 733. The number of fused-ring (bicyclic) bond motifs is 1. The molecule has 0 bridgehead atoms. The van der Waals surface area contributed by atoms with Gasteiger partial charge in [0.25, 0.3) is 0 Å². The van der Waals surface area contributed by atoms with Gasteiger partial charge in [0.2, 0.25) is 0 Å². The fourth-order valence-electron chi connectivity index (χ4n) is 1.96. The number of hydrogen-bond acceptors (Lipinski definition) is 5. The molecule has 0 aliphatic carbocycles. The first-order valence-electron chi connectivity index (χ1n) is 6.08. The Hall–Kier alpha value is -2.27. The number of nitrogens with zero attached hydrogens (tertiary/aromatic N) is 3. The minimum absolute atomic E-state index is 0.187. The molecule has 0 fully saturated rings. The standard InChI is InChI=1S/C14H14N4O/c1-8-5-12(18-14(17-8)9(2)15)10-3-4-11-13(6-10)19-7-16-11/h3-7,9H,15H2,1-2H3. The number of benzene rings is 1. The molecule has 0 amide bonds. The first kappa shape index (κ1) is 11.8. The number of aryl methyl sites for hydroxylation is 1. The number of rotatable bonds is 2. The van der Waals surface area contributed by atoms with Crippen molar-refractivity contribution in [3.8, 4) is 11.3 Å². The van der Waals surface area contributed by atoms with Crippen LogP contribution in [0, 0.1) is 6.92 Å². The van der Waals surface area contributed by atoms with E-state index in [2.05, 4.69) is 15.0 Å². The normalized spacial score (nSPS) is 12.8. The van der Waals surface area contributed by atoms with Crippen molar-refractivity contribution >= 4 is 11.1 Å². The summed E-state index contributed by atoms with van der Waals surface area (Å²) in [6, 6.07) is 7.56. The lowest BCUT2D eigenvalue weighted by molar-refractivity contribution is 0.602. The highest BCUT2D eigenvalue weighted by molar-refractivity contribution is 5.78. The van der Waals surface area contributed by atoms with Crippen LogP contribution in [0.25, 0.3) is 22.4 Å². The molecule has 0 aliphatic rings. The molecule has 0 radical (unpaired) electrons. The van der Waals surface area contributed by atoms with Gasteiger partial charge in [-0.15, -0.1) is 0 Å². The van der Waals surface area contributed by atoms with Crippen molar-refractivity contribution < 1.29 is 4.42 Å². The fourth-order valence-corrected chi connectivity index (χ4v) is 1.96. The van der Waals surface area contributed by atoms with Gasteiger partial charge in [0.15, 0.2) is 12.0 Å². The summed E-state index contributed by atoms with van der Waals surface area (Å²) in [4.78, 5) is 12.9. The lowest BCUT2D eigenvalue weighted by Gasteiger charge is -2.08.